The lowest BCUT2D eigenvalue weighted by Gasteiger charge is -2.37. The van der Waals surface area contributed by atoms with Gasteiger partial charge in [0.1, 0.15) is 0 Å². The van der Waals surface area contributed by atoms with Crippen molar-refractivity contribution in [1.29, 1.82) is 0 Å². The molecule has 0 aromatic carbocycles. The van der Waals surface area contributed by atoms with Gasteiger partial charge in [-0.05, 0) is 82.0 Å². The zero-order valence-electron chi connectivity index (χ0n) is 12.2. The lowest BCUT2D eigenvalue weighted by molar-refractivity contribution is 0.0957. The van der Waals surface area contributed by atoms with Crippen molar-refractivity contribution >= 4 is 0 Å². The second-order valence-corrected chi connectivity index (χ2v) is 6.44. The van der Waals surface area contributed by atoms with Crippen LogP contribution in [0.1, 0.15) is 58.3 Å². The lowest BCUT2D eigenvalue weighted by Crippen LogP contribution is -2.26. The average molecular weight is 250 g/mol. The molecule has 0 bridgehead atoms. The van der Waals surface area contributed by atoms with Crippen LogP contribution in [0.3, 0.4) is 0 Å². The molecule has 0 atom stereocenters. The molecule has 0 heterocycles. The summed E-state index contributed by atoms with van der Waals surface area (Å²) in [6.07, 6.45) is 16.2. The summed E-state index contributed by atoms with van der Waals surface area (Å²) < 4.78 is 5.30. The summed E-state index contributed by atoms with van der Waals surface area (Å²) in [4.78, 5) is 0. The summed E-state index contributed by atoms with van der Waals surface area (Å²) in [5.74, 6) is 3.81. The first-order chi connectivity index (χ1) is 8.83. The molecule has 0 unspecified atom stereocenters. The summed E-state index contributed by atoms with van der Waals surface area (Å²) in [7, 11) is 1.84. The molecule has 2 saturated carbocycles. The van der Waals surface area contributed by atoms with E-state index in [1.807, 2.05) is 7.11 Å². The van der Waals surface area contributed by atoms with Crippen LogP contribution in [0.5, 0.6) is 0 Å². The van der Waals surface area contributed by atoms with Gasteiger partial charge in [-0.15, -0.1) is 0 Å². The second-order valence-electron chi connectivity index (χ2n) is 6.44. The maximum absolute atomic E-state index is 5.30. The third-order valence-electron chi connectivity index (χ3n) is 5.24. The fourth-order valence-corrected chi connectivity index (χ4v) is 4.14. The molecule has 1 nitrogen and oxygen atoms in total. The Morgan fingerprint density at radius 1 is 0.889 bits per heavy atom. The predicted octanol–water partition coefficient (Wildman–Crippen LogP) is 4.82. The molecular formula is C17H30O. The molecule has 0 saturated heterocycles. The molecule has 1 heteroatoms. The van der Waals surface area contributed by atoms with E-state index in [0.717, 1.165) is 30.3 Å². The van der Waals surface area contributed by atoms with Crippen molar-refractivity contribution in [3.63, 3.8) is 0 Å². The van der Waals surface area contributed by atoms with E-state index < -0.39 is 0 Å². The third-order valence-corrected chi connectivity index (χ3v) is 5.24. The first-order valence-corrected chi connectivity index (χ1v) is 7.95. The average Bonchev–Trinajstić information content (AvgIpc) is 2.41. The molecule has 0 aromatic heterocycles. The first kappa shape index (κ1) is 14.1. The van der Waals surface area contributed by atoms with Crippen LogP contribution in [0.15, 0.2) is 12.2 Å². The van der Waals surface area contributed by atoms with E-state index >= 15 is 0 Å². The van der Waals surface area contributed by atoms with Gasteiger partial charge in [0, 0.05) is 13.7 Å². The van der Waals surface area contributed by atoms with Gasteiger partial charge in [0.05, 0.1) is 0 Å². The molecule has 0 aromatic rings. The summed E-state index contributed by atoms with van der Waals surface area (Å²) in [6.45, 7) is 3.14. The zero-order valence-corrected chi connectivity index (χ0v) is 12.2. The Morgan fingerprint density at radius 3 is 1.94 bits per heavy atom. The lowest BCUT2D eigenvalue weighted by atomic mass is 9.69. The van der Waals surface area contributed by atoms with Crippen LogP contribution in [0.25, 0.3) is 0 Å². The molecule has 0 N–H and O–H groups in total. The van der Waals surface area contributed by atoms with Gasteiger partial charge in [0.2, 0.25) is 0 Å². The number of hydrogen-bond acceptors (Lipinski definition) is 1. The number of methoxy groups -OCH3 is 1. The molecule has 0 aliphatic heterocycles. The maximum Gasteiger partial charge on any atom is 0.0490 e. The highest BCUT2D eigenvalue weighted by molar-refractivity contribution is 4.90. The van der Waals surface area contributed by atoms with Crippen LogP contribution < -0.4 is 0 Å². The van der Waals surface area contributed by atoms with E-state index in [1.54, 1.807) is 0 Å². The number of hydrogen-bond donors (Lipinski definition) is 0. The molecular weight excluding hydrogens is 220 g/mol. The van der Waals surface area contributed by atoms with E-state index in [2.05, 4.69) is 19.1 Å². The van der Waals surface area contributed by atoms with Crippen molar-refractivity contribution in [1.82, 2.24) is 0 Å². The SMILES string of the molecule is C/C=C/[C@H]1CC[C@H]([C@H]2CC[C@H](COC)CC2)CC1. The van der Waals surface area contributed by atoms with Crippen LogP contribution in [0.2, 0.25) is 0 Å². The Balaban J connectivity index is 1.71. The fourth-order valence-electron chi connectivity index (χ4n) is 4.14. The largest absolute Gasteiger partial charge is 0.384 e. The molecule has 2 fully saturated rings. The Labute approximate surface area is 113 Å². The molecule has 2 aliphatic rings. The molecule has 18 heavy (non-hydrogen) atoms. The van der Waals surface area contributed by atoms with E-state index in [4.69, 9.17) is 4.74 Å². The Hall–Kier alpha value is -0.300. The molecule has 2 aliphatic carbocycles. The zero-order chi connectivity index (χ0) is 12.8. The Bertz CT molecular complexity index is 242. The third kappa shape index (κ3) is 3.85. The summed E-state index contributed by atoms with van der Waals surface area (Å²) in [5.41, 5.74) is 0. The van der Waals surface area contributed by atoms with Crippen LogP contribution >= 0.6 is 0 Å². The van der Waals surface area contributed by atoms with Gasteiger partial charge in [-0.25, -0.2) is 0 Å². The second kappa shape index (κ2) is 7.33. The number of allylic oxidation sites excluding steroid dienone is 2. The number of ether oxygens (including phenoxy) is 1. The van der Waals surface area contributed by atoms with Crippen molar-refractivity contribution in [3.05, 3.63) is 12.2 Å². The van der Waals surface area contributed by atoms with E-state index in [9.17, 15) is 0 Å². The van der Waals surface area contributed by atoms with Crippen LogP contribution in [-0.4, -0.2) is 13.7 Å². The molecule has 2 rings (SSSR count). The van der Waals surface area contributed by atoms with Gasteiger partial charge in [-0.1, -0.05) is 12.2 Å². The minimum atomic E-state index is 0.852. The topological polar surface area (TPSA) is 9.23 Å². The predicted molar refractivity (Wildman–Crippen MR) is 77.6 cm³/mol. The van der Waals surface area contributed by atoms with Crippen LogP contribution in [-0.2, 0) is 4.74 Å². The van der Waals surface area contributed by atoms with E-state index in [1.165, 1.54) is 51.4 Å². The Kier molecular flexibility index (Phi) is 5.75. The van der Waals surface area contributed by atoms with Crippen molar-refractivity contribution in [2.75, 3.05) is 13.7 Å². The van der Waals surface area contributed by atoms with Crippen molar-refractivity contribution < 1.29 is 4.74 Å². The van der Waals surface area contributed by atoms with Crippen molar-refractivity contribution in [3.8, 4) is 0 Å². The van der Waals surface area contributed by atoms with E-state index in [-0.39, 0.29) is 0 Å². The van der Waals surface area contributed by atoms with Crippen molar-refractivity contribution in [2.24, 2.45) is 23.7 Å². The highest BCUT2D eigenvalue weighted by Crippen LogP contribution is 2.41. The highest BCUT2D eigenvalue weighted by Gasteiger charge is 2.30. The van der Waals surface area contributed by atoms with Crippen molar-refractivity contribution in [2.45, 2.75) is 58.3 Å². The van der Waals surface area contributed by atoms with Gasteiger partial charge in [0.15, 0.2) is 0 Å². The van der Waals surface area contributed by atoms with E-state index in [0.29, 0.717) is 0 Å². The summed E-state index contributed by atoms with van der Waals surface area (Å²) in [5, 5.41) is 0. The Morgan fingerprint density at radius 2 is 1.44 bits per heavy atom. The maximum atomic E-state index is 5.30. The first-order valence-electron chi connectivity index (χ1n) is 7.95. The van der Waals surface area contributed by atoms with Gasteiger partial charge in [0.25, 0.3) is 0 Å². The molecule has 0 amide bonds. The van der Waals surface area contributed by atoms with Crippen LogP contribution in [0.4, 0.5) is 0 Å². The normalized spacial score (nSPS) is 38.1. The molecule has 0 spiro atoms. The summed E-state index contributed by atoms with van der Waals surface area (Å²) >= 11 is 0. The summed E-state index contributed by atoms with van der Waals surface area (Å²) in [6, 6.07) is 0. The van der Waals surface area contributed by atoms with Gasteiger partial charge >= 0.3 is 0 Å². The minimum absolute atomic E-state index is 0.852. The molecule has 104 valence electrons. The quantitative estimate of drug-likeness (QED) is 0.650. The smallest absolute Gasteiger partial charge is 0.0490 e. The fraction of sp³-hybridized carbons (Fsp3) is 0.882. The monoisotopic (exact) mass is 250 g/mol. The molecule has 0 radical (unpaired) electrons. The minimum Gasteiger partial charge on any atom is -0.384 e. The van der Waals surface area contributed by atoms with Gasteiger partial charge < -0.3 is 4.74 Å². The van der Waals surface area contributed by atoms with Gasteiger partial charge in [-0.3, -0.25) is 0 Å². The number of rotatable bonds is 4. The highest BCUT2D eigenvalue weighted by atomic mass is 16.5. The standard InChI is InChI=1S/C17H30O/c1-3-4-14-5-9-16(10-6-14)17-11-7-15(8-12-17)13-18-2/h3-4,14-17H,5-13H2,1-2H3/b4-3+/t14-,15-,16-,17-. The van der Waals surface area contributed by atoms with Crippen LogP contribution in [0, 0.1) is 23.7 Å². The van der Waals surface area contributed by atoms with Gasteiger partial charge in [-0.2, -0.15) is 0 Å².